The molecule has 0 rings (SSSR count). The molecule has 0 aliphatic rings. The molecular formula is C16H32N8O5. The molecule has 0 saturated carbocycles. The number of hydrogen-bond donors (Lipinski definition) is 8. The Bertz CT molecular complexity index is 594. The SMILES string of the molecule is NCCC[C@H](NC(=O)[C@H](CCC(N)=O)NC(=O)[C@@H](N)CCCN=C(N)N)C(=O)O. The van der Waals surface area contributed by atoms with Crippen molar-refractivity contribution in [3.05, 3.63) is 0 Å². The van der Waals surface area contributed by atoms with Gasteiger partial charge < -0.3 is 44.4 Å². The molecule has 0 bridgehead atoms. The zero-order valence-corrected chi connectivity index (χ0v) is 16.3. The number of aliphatic imine (C=N–C) groups is 1. The highest BCUT2D eigenvalue weighted by molar-refractivity contribution is 5.92. The first-order valence-corrected chi connectivity index (χ1v) is 9.21. The molecule has 0 aliphatic carbocycles. The maximum absolute atomic E-state index is 12.5. The summed E-state index contributed by atoms with van der Waals surface area (Å²) < 4.78 is 0. The highest BCUT2D eigenvalue weighted by Gasteiger charge is 2.27. The number of nitrogens with zero attached hydrogens (tertiary/aromatic N) is 1. The maximum atomic E-state index is 12.5. The van der Waals surface area contributed by atoms with E-state index in [1.54, 1.807) is 0 Å². The van der Waals surface area contributed by atoms with Gasteiger partial charge in [0, 0.05) is 13.0 Å². The van der Waals surface area contributed by atoms with Crippen molar-refractivity contribution in [3.63, 3.8) is 0 Å². The fourth-order valence-corrected chi connectivity index (χ4v) is 2.34. The number of carbonyl (C=O) groups is 4. The number of carboxylic acids is 1. The Kier molecular flexibility index (Phi) is 12.7. The first-order chi connectivity index (χ1) is 13.6. The zero-order chi connectivity index (χ0) is 22.4. The van der Waals surface area contributed by atoms with Crippen LogP contribution in [0.3, 0.4) is 0 Å². The van der Waals surface area contributed by atoms with Crippen LogP contribution < -0.4 is 39.3 Å². The maximum Gasteiger partial charge on any atom is 0.326 e. The second-order valence-corrected chi connectivity index (χ2v) is 6.45. The molecule has 13 heteroatoms. The number of nitrogens with one attached hydrogen (secondary N) is 2. The third-order valence-corrected chi connectivity index (χ3v) is 3.93. The van der Waals surface area contributed by atoms with Gasteiger partial charge in [-0.05, 0) is 38.6 Å². The predicted octanol–water partition coefficient (Wildman–Crippen LogP) is -3.57. The van der Waals surface area contributed by atoms with Gasteiger partial charge in [-0.15, -0.1) is 0 Å². The van der Waals surface area contributed by atoms with Gasteiger partial charge >= 0.3 is 5.97 Å². The minimum absolute atomic E-state index is 0.0752. The first kappa shape index (κ1) is 26.1. The van der Waals surface area contributed by atoms with Crippen LogP contribution in [0.1, 0.15) is 38.5 Å². The van der Waals surface area contributed by atoms with Crippen LogP contribution in [0.5, 0.6) is 0 Å². The molecule has 0 fully saturated rings. The number of rotatable bonds is 15. The van der Waals surface area contributed by atoms with Gasteiger partial charge in [0.05, 0.1) is 6.04 Å². The molecule has 0 aromatic heterocycles. The molecule has 0 unspecified atom stereocenters. The van der Waals surface area contributed by atoms with E-state index in [0.29, 0.717) is 12.8 Å². The largest absolute Gasteiger partial charge is 0.480 e. The van der Waals surface area contributed by atoms with Gasteiger partial charge in [-0.1, -0.05) is 0 Å². The van der Waals surface area contributed by atoms with E-state index >= 15 is 0 Å². The van der Waals surface area contributed by atoms with E-state index in [1.165, 1.54) is 0 Å². The molecule has 0 heterocycles. The summed E-state index contributed by atoms with van der Waals surface area (Å²) in [5, 5.41) is 14.0. The second kappa shape index (κ2) is 14.1. The van der Waals surface area contributed by atoms with E-state index in [2.05, 4.69) is 15.6 Å². The Balaban J connectivity index is 4.94. The molecule has 3 amide bonds. The molecule has 3 atom stereocenters. The van der Waals surface area contributed by atoms with E-state index in [4.69, 9.17) is 28.7 Å². The van der Waals surface area contributed by atoms with Crippen LogP contribution in [0, 0.1) is 0 Å². The molecule has 0 saturated heterocycles. The van der Waals surface area contributed by atoms with Crippen molar-refractivity contribution < 1.29 is 24.3 Å². The van der Waals surface area contributed by atoms with E-state index in [-0.39, 0.29) is 44.7 Å². The fourth-order valence-electron chi connectivity index (χ4n) is 2.34. The molecule has 0 spiro atoms. The van der Waals surface area contributed by atoms with E-state index in [0.717, 1.165) is 0 Å². The number of guanidine groups is 1. The van der Waals surface area contributed by atoms with Crippen LogP contribution in [0.4, 0.5) is 0 Å². The molecule has 13 nitrogen and oxygen atoms in total. The average Bonchev–Trinajstić information content (AvgIpc) is 2.64. The molecular weight excluding hydrogens is 384 g/mol. The van der Waals surface area contributed by atoms with Crippen molar-refractivity contribution in [2.75, 3.05) is 13.1 Å². The first-order valence-electron chi connectivity index (χ1n) is 9.21. The van der Waals surface area contributed by atoms with Gasteiger partial charge in [0.25, 0.3) is 0 Å². The fraction of sp³-hybridized carbons (Fsp3) is 0.688. The number of hydrogen-bond acceptors (Lipinski definition) is 7. The summed E-state index contributed by atoms with van der Waals surface area (Å²) >= 11 is 0. The molecule has 29 heavy (non-hydrogen) atoms. The highest BCUT2D eigenvalue weighted by atomic mass is 16.4. The Labute approximate surface area is 168 Å². The average molecular weight is 416 g/mol. The van der Waals surface area contributed by atoms with Crippen molar-refractivity contribution in [1.29, 1.82) is 0 Å². The quantitative estimate of drug-likeness (QED) is 0.0744. The Morgan fingerprint density at radius 2 is 1.52 bits per heavy atom. The summed E-state index contributed by atoms with van der Waals surface area (Å²) in [4.78, 5) is 50.9. The zero-order valence-electron chi connectivity index (χ0n) is 16.3. The summed E-state index contributed by atoms with van der Waals surface area (Å²) in [6, 6.07) is -3.29. The third kappa shape index (κ3) is 12.2. The minimum atomic E-state index is -1.23. The third-order valence-electron chi connectivity index (χ3n) is 3.93. The van der Waals surface area contributed by atoms with Crippen LogP contribution >= 0.6 is 0 Å². The Morgan fingerprint density at radius 3 is 2.03 bits per heavy atom. The van der Waals surface area contributed by atoms with Crippen LogP contribution in [0.15, 0.2) is 4.99 Å². The van der Waals surface area contributed by atoms with Gasteiger partial charge in [0.15, 0.2) is 5.96 Å². The number of carbonyl (C=O) groups excluding carboxylic acids is 3. The lowest BCUT2D eigenvalue weighted by atomic mass is 10.1. The summed E-state index contributed by atoms with van der Waals surface area (Å²) in [5.41, 5.74) is 26.7. The van der Waals surface area contributed by atoms with Crippen molar-refractivity contribution >= 4 is 29.7 Å². The normalized spacial score (nSPS) is 13.6. The van der Waals surface area contributed by atoms with Crippen molar-refractivity contribution in [3.8, 4) is 0 Å². The number of carboxylic acid groups (broad SMARTS) is 1. The summed E-state index contributed by atoms with van der Waals surface area (Å²) in [6.07, 6.45) is 0.913. The number of aliphatic carboxylic acids is 1. The van der Waals surface area contributed by atoms with Crippen LogP contribution in [-0.4, -0.2) is 66.0 Å². The minimum Gasteiger partial charge on any atom is -0.480 e. The number of primary amides is 1. The lowest BCUT2D eigenvalue weighted by molar-refractivity contribution is -0.142. The second-order valence-electron chi connectivity index (χ2n) is 6.45. The molecule has 0 aromatic rings. The van der Waals surface area contributed by atoms with Crippen molar-refractivity contribution in [2.45, 2.75) is 56.7 Å². The summed E-state index contributed by atoms with van der Waals surface area (Å²) in [5.74, 6) is -3.36. The van der Waals surface area contributed by atoms with Crippen LogP contribution in [0.25, 0.3) is 0 Å². The summed E-state index contributed by atoms with van der Waals surface area (Å²) in [7, 11) is 0. The molecule has 166 valence electrons. The molecule has 13 N–H and O–H groups in total. The smallest absolute Gasteiger partial charge is 0.326 e. The van der Waals surface area contributed by atoms with Crippen molar-refractivity contribution in [2.24, 2.45) is 33.7 Å². The van der Waals surface area contributed by atoms with E-state index in [9.17, 15) is 24.3 Å². The number of nitrogens with two attached hydrogens (primary N) is 5. The lowest BCUT2D eigenvalue weighted by Crippen LogP contribution is -2.54. The van der Waals surface area contributed by atoms with E-state index in [1.807, 2.05) is 0 Å². The predicted molar refractivity (Wildman–Crippen MR) is 106 cm³/mol. The monoisotopic (exact) mass is 416 g/mol. The van der Waals surface area contributed by atoms with Crippen molar-refractivity contribution in [1.82, 2.24) is 10.6 Å². The topological polar surface area (TPSA) is 255 Å². The molecule has 0 aliphatic heterocycles. The Morgan fingerprint density at radius 1 is 0.897 bits per heavy atom. The summed E-state index contributed by atoms with van der Waals surface area (Å²) in [6.45, 7) is 0.548. The highest BCUT2D eigenvalue weighted by Crippen LogP contribution is 2.04. The van der Waals surface area contributed by atoms with Gasteiger partial charge in [-0.3, -0.25) is 19.4 Å². The molecule has 0 aromatic carbocycles. The Hall–Kier alpha value is -2.93. The van der Waals surface area contributed by atoms with Gasteiger partial charge in [-0.25, -0.2) is 4.79 Å². The van der Waals surface area contributed by atoms with E-state index < -0.39 is 41.8 Å². The standard InChI is InChI=1S/C16H32N8O5/c17-7-1-4-11(15(28)29)24-14(27)10(5-6-12(19)25)23-13(26)9(18)3-2-8-22-16(20)21/h9-11H,1-8,17-18H2,(H2,19,25)(H,23,26)(H,24,27)(H,28,29)(H4,20,21,22)/t9-,10-,11-/m0/s1. The lowest BCUT2D eigenvalue weighted by Gasteiger charge is -2.22. The van der Waals surface area contributed by atoms with Gasteiger partial charge in [-0.2, -0.15) is 0 Å². The van der Waals surface area contributed by atoms with Gasteiger partial charge in [0.2, 0.25) is 17.7 Å². The van der Waals surface area contributed by atoms with Gasteiger partial charge in [0.1, 0.15) is 12.1 Å². The molecule has 0 radical (unpaired) electrons. The van der Waals surface area contributed by atoms with Crippen LogP contribution in [-0.2, 0) is 19.2 Å². The number of amides is 3. The van der Waals surface area contributed by atoms with Crippen LogP contribution in [0.2, 0.25) is 0 Å².